The number of esters is 1. The van der Waals surface area contributed by atoms with Crippen molar-refractivity contribution in [3.05, 3.63) is 72.9 Å². The smallest absolute Gasteiger partial charge is 0.310 e. The standard InChI is InChI=1S/C37H62O4/c1-3-5-7-9-11-13-15-17-19-20-22-24-26-28-30-32-37(39)41-36(34-38)35-40-33-31-29-27-25-23-21-18-16-14-12-10-8-6-4-2/h5,7,11,13-14,16-17,19,22,24,28,30,36,38H,3-4,6,8-10,12,15,18,20-21,23,25-27,29,31-35H2,1-2H3/b7-5-,13-11-,16-14-,19-17-,24-22-,30-28-. The van der Waals surface area contributed by atoms with Crippen LogP contribution in [0.25, 0.3) is 0 Å². The molecule has 0 amide bonds. The van der Waals surface area contributed by atoms with E-state index < -0.39 is 6.10 Å². The largest absolute Gasteiger partial charge is 0.457 e. The van der Waals surface area contributed by atoms with Gasteiger partial charge in [-0.15, -0.1) is 0 Å². The summed E-state index contributed by atoms with van der Waals surface area (Å²) in [5.74, 6) is -0.333. The molecule has 0 saturated carbocycles. The van der Waals surface area contributed by atoms with Crippen LogP contribution in [0, 0.1) is 0 Å². The molecule has 0 saturated heterocycles. The van der Waals surface area contributed by atoms with Gasteiger partial charge in [-0.05, 0) is 64.2 Å². The Labute approximate surface area is 253 Å². The Morgan fingerprint density at radius 2 is 1.10 bits per heavy atom. The van der Waals surface area contributed by atoms with Crippen LogP contribution >= 0.6 is 0 Å². The molecule has 0 heterocycles. The molecule has 41 heavy (non-hydrogen) atoms. The van der Waals surface area contributed by atoms with Crippen LogP contribution in [0.5, 0.6) is 0 Å². The van der Waals surface area contributed by atoms with E-state index >= 15 is 0 Å². The predicted molar refractivity (Wildman–Crippen MR) is 177 cm³/mol. The molecular weight excluding hydrogens is 508 g/mol. The Balaban J connectivity index is 3.65. The highest BCUT2D eigenvalue weighted by Gasteiger charge is 2.12. The van der Waals surface area contributed by atoms with Crippen LogP contribution in [-0.4, -0.2) is 37.0 Å². The fourth-order valence-electron chi connectivity index (χ4n) is 4.10. The van der Waals surface area contributed by atoms with Crippen molar-refractivity contribution in [2.45, 2.75) is 136 Å². The number of hydrogen-bond donors (Lipinski definition) is 1. The summed E-state index contributed by atoms with van der Waals surface area (Å²) in [5, 5.41) is 9.50. The molecule has 4 nitrogen and oxygen atoms in total. The highest BCUT2D eigenvalue weighted by molar-refractivity contribution is 5.71. The fraction of sp³-hybridized carbons (Fsp3) is 0.649. The number of rotatable bonds is 29. The zero-order valence-electron chi connectivity index (χ0n) is 26.5. The number of carbonyl (C=O) groups is 1. The molecule has 0 aromatic carbocycles. The summed E-state index contributed by atoms with van der Waals surface area (Å²) < 4.78 is 11.0. The molecule has 0 aliphatic carbocycles. The topological polar surface area (TPSA) is 55.8 Å². The number of allylic oxidation sites excluding steroid dienone is 11. The lowest BCUT2D eigenvalue weighted by atomic mass is 10.1. The molecule has 1 atom stereocenters. The summed E-state index contributed by atoms with van der Waals surface area (Å²) in [7, 11) is 0. The van der Waals surface area contributed by atoms with Crippen molar-refractivity contribution < 1.29 is 19.4 Å². The van der Waals surface area contributed by atoms with Crippen LogP contribution in [0.3, 0.4) is 0 Å². The summed E-state index contributed by atoms with van der Waals surface area (Å²) in [4.78, 5) is 12.0. The molecule has 1 unspecified atom stereocenters. The van der Waals surface area contributed by atoms with Crippen LogP contribution in [0.4, 0.5) is 0 Å². The lowest BCUT2D eigenvalue weighted by Gasteiger charge is -2.15. The molecule has 0 aliphatic rings. The van der Waals surface area contributed by atoms with Crippen molar-refractivity contribution in [3.8, 4) is 0 Å². The fourth-order valence-corrected chi connectivity index (χ4v) is 4.10. The van der Waals surface area contributed by atoms with E-state index in [1.54, 1.807) is 0 Å². The van der Waals surface area contributed by atoms with Crippen molar-refractivity contribution in [2.24, 2.45) is 0 Å². The van der Waals surface area contributed by atoms with E-state index in [4.69, 9.17) is 9.47 Å². The van der Waals surface area contributed by atoms with E-state index in [-0.39, 0.29) is 25.6 Å². The Hall–Kier alpha value is -2.17. The Kier molecular flexibility index (Phi) is 32.2. The van der Waals surface area contributed by atoms with Gasteiger partial charge in [0, 0.05) is 6.61 Å². The second kappa shape index (κ2) is 34.0. The summed E-state index contributed by atoms with van der Waals surface area (Å²) in [5.41, 5.74) is 0. The van der Waals surface area contributed by atoms with E-state index in [0.29, 0.717) is 6.61 Å². The maximum atomic E-state index is 12.0. The second-order valence-electron chi connectivity index (χ2n) is 10.5. The van der Waals surface area contributed by atoms with Gasteiger partial charge < -0.3 is 14.6 Å². The Morgan fingerprint density at radius 3 is 1.63 bits per heavy atom. The first-order valence-electron chi connectivity index (χ1n) is 16.5. The van der Waals surface area contributed by atoms with Gasteiger partial charge in [0.05, 0.1) is 19.6 Å². The molecule has 0 spiro atoms. The number of carbonyl (C=O) groups excluding carboxylic acids is 1. The SMILES string of the molecule is CC/C=C\C/C=C\C/C=C\C/C=C\C/C=C\CC(=O)OC(CO)COCCCCCCCC/C=C\CCCCCC. The molecule has 0 bridgehead atoms. The van der Waals surface area contributed by atoms with Gasteiger partial charge in [0.15, 0.2) is 0 Å². The zero-order valence-corrected chi connectivity index (χ0v) is 26.5. The Bertz CT molecular complexity index is 729. The summed E-state index contributed by atoms with van der Waals surface area (Å²) >= 11 is 0. The monoisotopic (exact) mass is 570 g/mol. The second-order valence-corrected chi connectivity index (χ2v) is 10.5. The summed E-state index contributed by atoms with van der Waals surface area (Å²) in [6, 6.07) is 0. The van der Waals surface area contributed by atoms with Crippen LogP contribution in [0.2, 0.25) is 0 Å². The van der Waals surface area contributed by atoms with Crippen LogP contribution < -0.4 is 0 Å². The average molecular weight is 571 g/mol. The maximum absolute atomic E-state index is 12.0. The summed E-state index contributed by atoms with van der Waals surface area (Å²) in [6.07, 6.45) is 45.2. The molecule has 0 fully saturated rings. The quantitative estimate of drug-likeness (QED) is 0.0552. The Morgan fingerprint density at radius 1 is 0.610 bits per heavy atom. The summed E-state index contributed by atoms with van der Waals surface area (Å²) in [6.45, 7) is 5.07. The van der Waals surface area contributed by atoms with Crippen molar-refractivity contribution >= 4 is 5.97 Å². The van der Waals surface area contributed by atoms with Crippen molar-refractivity contribution in [3.63, 3.8) is 0 Å². The minimum Gasteiger partial charge on any atom is -0.457 e. The zero-order chi connectivity index (χ0) is 29.9. The van der Waals surface area contributed by atoms with Gasteiger partial charge in [0.25, 0.3) is 0 Å². The van der Waals surface area contributed by atoms with Gasteiger partial charge in [-0.2, -0.15) is 0 Å². The van der Waals surface area contributed by atoms with E-state index in [2.05, 4.69) is 74.6 Å². The third-order valence-electron chi connectivity index (χ3n) is 6.55. The lowest BCUT2D eigenvalue weighted by Crippen LogP contribution is -2.27. The number of unbranched alkanes of at least 4 members (excludes halogenated alkanes) is 10. The molecule has 234 valence electrons. The predicted octanol–water partition coefficient (Wildman–Crippen LogP) is 10.3. The molecule has 0 radical (unpaired) electrons. The van der Waals surface area contributed by atoms with E-state index in [0.717, 1.165) is 44.9 Å². The molecule has 4 heteroatoms. The van der Waals surface area contributed by atoms with Crippen LogP contribution in [-0.2, 0) is 14.3 Å². The molecular formula is C37H62O4. The lowest BCUT2D eigenvalue weighted by molar-refractivity contribution is -0.153. The van der Waals surface area contributed by atoms with Crippen molar-refractivity contribution in [1.29, 1.82) is 0 Å². The average Bonchev–Trinajstić information content (AvgIpc) is 2.98. The third-order valence-corrected chi connectivity index (χ3v) is 6.55. The highest BCUT2D eigenvalue weighted by Crippen LogP contribution is 2.09. The van der Waals surface area contributed by atoms with E-state index in [9.17, 15) is 9.90 Å². The molecule has 0 aromatic rings. The number of aliphatic hydroxyl groups is 1. The van der Waals surface area contributed by atoms with Crippen molar-refractivity contribution in [1.82, 2.24) is 0 Å². The molecule has 0 rings (SSSR count). The van der Waals surface area contributed by atoms with Gasteiger partial charge >= 0.3 is 5.97 Å². The first kappa shape index (κ1) is 38.8. The number of hydrogen-bond acceptors (Lipinski definition) is 4. The number of ether oxygens (including phenoxy) is 2. The first-order chi connectivity index (χ1) is 20.2. The van der Waals surface area contributed by atoms with Gasteiger partial charge in [-0.3, -0.25) is 4.79 Å². The van der Waals surface area contributed by atoms with Gasteiger partial charge in [0.2, 0.25) is 0 Å². The molecule has 1 N–H and O–H groups in total. The minimum atomic E-state index is -0.593. The third kappa shape index (κ3) is 32.2. The van der Waals surface area contributed by atoms with Crippen molar-refractivity contribution in [2.75, 3.05) is 19.8 Å². The highest BCUT2D eigenvalue weighted by atomic mass is 16.6. The van der Waals surface area contributed by atoms with Crippen LogP contribution in [0.15, 0.2) is 72.9 Å². The van der Waals surface area contributed by atoms with E-state index in [1.807, 2.05) is 12.2 Å². The van der Waals surface area contributed by atoms with E-state index in [1.165, 1.54) is 64.2 Å². The van der Waals surface area contributed by atoms with Gasteiger partial charge in [-0.1, -0.05) is 132 Å². The van der Waals surface area contributed by atoms with Gasteiger partial charge in [-0.25, -0.2) is 0 Å². The number of aliphatic hydroxyl groups excluding tert-OH is 1. The minimum absolute atomic E-state index is 0.207. The van der Waals surface area contributed by atoms with Crippen LogP contribution in [0.1, 0.15) is 129 Å². The molecule has 0 aromatic heterocycles. The normalized spacial score (nSPS) is 13.3. The first-order valence-corrected chi connectivity index (χ1v) is 16.5. The van der Waals surface area contributed by atoms with Gasteiger partial charge in [0.1, 0.15) is 6.10 Å². The molecule has 0 aliphatic heterocycles. The maximum Gasteiger partial charge on any atom is 0.310 e.